The number of rotatable bonds is 3. The largest absolute Gasteiger partial charge is 0.497 e. The van der Waals surface area contributed by atoms with Gasteiger partial charge in [-0.15, -0.1) is 0 Å². The standard InChI is InChI=1S/C23H19BrN2O2/c1-27-18-10-7-15(8-11-18)20-14-21-19-13-17(24)9-12-22(19)28-23(26(21)25-20)16-5-3-2-4-6-16/h2-13,21,23H,14H2,1H3/t21-,23-/m1/s1. The Morgan fingerprint density at radius 2 is 1.82 bits per heavy atom. The van der Waals surface area contributed by atoms with Crippen LogP contribution in [0.2, 0.25) is 0 Å². The van der Waals surface area contributed by atoms with Crippen molar-refractivity contribution >= 4 is 21.6 Å². The number of halogens is 1. The predicted octanol–water partition coefficient (Wildman–Crippen LogP) is 5.70. The van der Waals surface area contributed by atoms with E-state index in [1.165, 1.54) is 0 Å². The number of benzene rings is 3. The van der Waals surface area contributed by atoms with Crippen molar-refractivity contribution in [2.45, 2.75) is 18.7 Å². The van der Waals surface area contributed by atoms with Crippen LogP contribution in [-0.4, -0.2) is 17.8 Å². The maximum Gasteiger partial charge on any atom is 0.213 e. The maximum atomic E-state index is 6.39. The number of hydrogen-bond acceptors (Lipinski definition) is 4. The monoisotopic (exact) mass is 434 g/mol. The van der Waals surface area contributed by atoms with Gasteiger partial charge in [-0.25, -0.2) is 5.01 Å². The van der Waals surface area contributed by atoms with E-state index in [9.17, 15) is 0 Å². The topological polar surface area (TPSA) is 34.1 Å². The molecule has 2 heterocycles. The van der Waals surface area contributed by atoms with Gasteiger partial charge in [0.15, 0.2) is 0 Å². The zero-order chi connectivity index (χ0) is 19.1. The third kappa shape index (κ3) is 2.96. The van der Waals surface area contributed by atoms with E-state index >= 15 is 0 Å². The van der Waals surface area contributed by atoms with Crippen LogP contribution in [0.4, 0.5) is 0 Å². The molecule has 4 nitrogen and oxygen atoms in total. The molecule has 0 N–H and O–H groups in total. The maximum absolute atomic E-state index is 6.39. The molecule has 0 spiro atoms. The molecule has 5 rings (SSSR count). The third-order valence-electron chi connectivity index (χ3n) is 5.26. The quantitative estimate of drug-likeness (QED) is 0.529. The van der Waals surface area contributed by atoms with Crippen LogP contribution in [-0.2, 0) is 0 Å². The van der Waals surface area contributed by atoms with Crippen LogP contribution in [0.1, 0.15) is 35.4 Å². The molecule has 0 unspecified atom stereocenters. The van der Waals surface area contributed by atoms with E-state index in [1.54, 1.807) is 7.11 Å². The summed E-state index contributed by atoms with van der Waals surface area (Å²) in [6.45, 7) is 0. The highest BCUT2D eigenvalue weighted by molar-refractivity contribution is 9.10. The Bertz CT molecular complexity index is 1030. The molecule has 0 amide bonds. The Morgan fingerprint density at radius 3 is 2.57 bits per heavy atom. The molecule has 0 aromatic heterocycles. The minimum absolute atomic E-state index is 0.142. The zero-order valence-electron chi connectivity index (χ0n) is 15.4. The molecule has 2 aliphatic rings. The molecule has 5 heteroatoms. The van der Waals surface area contributed by atoms with E-state index in [0.29, 0.717) is 0 Å². The average molecular weight is 435 g/mol. The molecule has 0 radical (unpaired) electrons. The highest BCUT2D eigenvalue weighted by Gasteiger charge is 2.40. The molecular weight excluding hydrogens is 416 g/mol. The Labute approximate surface area is 172 Å². The van der Waals surface area contributed by atoms with Crippen molar-refractivity contribution in [3.05, 3.63) is 94.0 Å². The van der Waals surface area contributed by atoms with Gasteiger partial charge in [0, 0.05) is 22.0 Å². The zero-order valence-corrected chi connectivity index (χ0v) is 17.0. The van der Waals surface area contributed by atoms with Crippen molar-refractivity contribution in [2.24, 2.45) is 5.10 Å². The molecule has 0 saturated carbocycles. The summed E-state index contributed by atoms with van der Waals surface area (Å²) < 4.78 is 12.7. The minimum Gasteiger partial charge on any atom is -0.497 e. The van der Waals surface area contributed by atoms with Crippen molar-refractivity contribution in [3.63, 3.8) is 0 Å². The lowest BCUT2D eigenvalue weighted by Crippen LogP contribution is -2.33. The van der Waals surface area contributed by atoms with Gasteiger partial charge in [0.1, 0.15) is 11.5 Å². The van der Waals surface area contributed by atoms with Crippen LogP contribution in [0.15, 0.2) is 82.4 Å². The Kier molecular flexibility index (Phi) is 4.32. The molecule has 2 atom stereocenters. The van der Waals surface area contributed by atoms with Crippen molar-refractivity contribution < 1.29 is 9.47 Å². The number of nitrogens with zero attached hydrogens (tertiary/aromatic N) is 2. The molecule has 0 bridgehead atoms. The van der Waals surface area contributed by atoms with Crippen molar-refractivity contribution in [1.29, 1.82) is 0 Å². The summed E-state index contributed by atoms with van der Waals surface area (Å²) in [6, 6.07) is 24.7. The highest BCUT2D eigenvalue weighted by Crippen LogP contribution is 2.48. The van der Waals surface area contributed by atoms with Gasteiger partial charge in [-0.05, 0) is 48.0 Å². The highest BCUT2D eigenvalue weighted by atomic mass is 79.9. The third-order valence-corrected chi connectivity index (χ3v) is 5.75. The minimum atomic E-state index is -0.240. The lowest BCUT2D eigenvalue weighted by Gasteiger charge is -2.38. The summed E-state index contributed by atoms with van der Waals surface area (Å²) in [6.07, 6.45) is 0.596. The number of hydrazone groups is 1. The van der Waals surface area contributed by atoms with E-state index in [2.05, 4.69) is 51.3 Å². The number of hydrogen-bond donors (Lipinski definition) is 0. The van der Waals surface area contributed by atoms with E-state index in [-0.39, 0.29) is 12.3 Å². The normalized spacial score (nSPS) is 20.1. The summed E-state index contributed by atoms with van der Waals surface area (Å²) in [4.78, 5) is 0. The molecule has 140 valence electrons. The summed E-state index contributed by atoms with van der Waals surface area (Å²) >= 11 is 3.60. The first-order valence-electron chi connectivity index (χ1n) is 9.24. The van der Waals surface area contributed by atoms with Crippen LogP contribution in [0.3, 0.4) is 0 Å². The first-order valence-corrected chi connectivity index (χ1v) is 10.0. The number of fused-ring (bicyclic) bond motifs is 3. The SMILES string of the molecule is COc1ccc(C2=NN3[C@H](C2)c2cc(Br)ccc2O[C@@H]3c2ccccc2)cc1. The van der Waals surface area contributed by atoms with Gasteiger partial charge >= 0.3 is 0 Å². The fraction of sp³-hybridized carbons (Fsp3) is 0.174. The smallest absolute Gasteiger partial charge is 0.213 e. The first kappa shape index (κ1) is 17.3. The Hall–Kier alpha value is -2.79. The van der Waals surface area contributed by atoms with E-state index in [0.717, 1.165) is 44.8 Å². The van der Waals surface area contributed by atoms with Gasteiger partial charge < -0.3 is 9.47 Å². The summed E-state index contributed by atoms with van der Waals surface area (Å²) in [5.41, 5.74) is 4.43. The average Bonchev–Trinajstić information content (AvgIpc) is 3.20. The van der Waals surface area contributed by atoms with E-state index < -0.39 is 0 Å². The van der Waals surface area contributed by atoms with Crippen LogP contribution in [0.5, 0.6) is 11.5 Å². The number of methoxy groups -OCH3 is 1. The molecule has 0 fully saturated rings. The molecule has 28 heavy (non-hydrogen) atoms. The van der Waals surface area contributed by atoms with Crippen LogP contribution in [0.25, 0.3) is 0 Å². The van der Waals surface area contributed by atoms with Crippen molar-refractivity contribution in [3.8, 4) is 11.5 Å². The fourth-order valence-corrected chi connectivity index (χ4v) is 4.23. The molecule has 3 aromatic rings. The Balaban J connectivity index is 1.57. The van der Waals surface area contributed by atoms with Crippen molar-refractivity contribution in [2.75, 3.05) is 7.11 Å². The van der Waals surface area contributed by atoms with Crippen LogP contribution in [0, 0.1) is 0 Å². The second-order valence-electron chi connectivity index (χ2n) is 6.94. The lowest BCUT2D eigenvalue weighted by molar-refractivity contribution is -0.0190. The summed E-state index contributed by atoms with van der Waals surface area (Å²) in [7, 11) is 1.68. The molecule has 3 aromatic carbocycles. The number of ether oxygens (including phenoxy) is 2. The molecular formula is C23H19BrN2O2. The second-order valence-corrected chi connectivity index (χ2v) is 7.85. The second kappa shape index (κ2) is 6.99. The predicted molar refractivity (Wildman–Crippen MR) is 113 cm³/mol. The van der Waals surface area contributed by atoms with Gasteiger partial charge in [-0.3, -0.25) is 0 Å². The Morgan fingerprint density at radius 1 is 1.04 bits per heavy atom. The van der Waals surface area contributed by atoms with Gasteiger partial charge in [-0.1, -0.05) is 46.3 Å². The fourth-order valence-electron chi connectivity index (χ4n) is 3.85. The lowest BCUT2D eigenvalue weighted by atomic mass is 9.96. The van der Waals surface area contributed by atoms with Crippen LogP contribution < -0.4 is 9.47 Å². The van der Waals surface area contributed by atoms with Crippen molar-refractivity contribution in [1.82, 2.24) is 5.01 Å². The van der Waals surface area contributed by atoms with Gasteiger partial charge in [0.25, 0.3) is 0 Å². The molecule has 0 aliphatic carbocycles. The summed E-state index contributed by atoms with van der Waals surface area (Å²) in [5.74, 6) is 1.77. The molecule has 0 saturated heterocycles. The van der Waals surface area contributed by atoms with E-state index in [4.69, 9.17) is 14.6 Å². The molecule has 2 aliphatic heterocycles. The van der Waals surface area contributed by atoms with E-state index in [1.807, 2.05) is 42.5 Å². The van der Waals surface area contributed by atoms with Gasteiger partial charge in [0.2, 0.25) is 6.23 Å². The van der Waals surface area contributed by atoms with Gasteiger partial charge in [-0.2, -0.15) is 5.10 Å². The first-order chi connectivity index (χ1) is 13.7. The van der Waals surface area contributed by atoms with Gasteiger partial charge in [0.05, 0.1) is 18.9 Å². The summed E-state index contributed by atoms with van der Waals surface area (Å²) in [5, 5.41) is 7.09. The van der Waals surface area contributed by atoms with Crippen LogP contribution >= 0.6 is 15.9 Å².